The molecule has 1 aliphatic heterocycles. The first-order valence-electron chi connectivity index (χ1n) is 6.53. The minimum Gasteiger partial charge on any atom is -0.303 e. The van der Waals surface area contributed by atoms with Crippen molar-refractivity contribution in [2.45, 2.75) is 38.6 Å². The second-order valence-corrected chi connectivity index (χ2v) is 5.47. The van der Waals surface area contributed by atoms with E-state index >= 15 is 0 Å². The highest BCUT2D eigenvalue weighted by molar-refractivity contribution is 5.11. The number of nitrogens with zero attached hydrogens (tertiary/aromatic N) is 3. The Bertz CT molecular complexity index is 269. The molecule has 1 saturated heterocycles. The SMILES string of the molecule is CCN1CCC(N(C)CC2(C#N)CC2)CC1. The average Bonchev–Trinajstić information content (AvgIpc) is 3.09. The molecule has 2 rings (SSSR count). The minimum absolute atomic E-state index is 0.0244. The maximum atomic E-state index is 9.10. The summed E-state index contributed by atoms with van der Waals surface area (Å²) in [7, 11) is 2.20. The summed E-state index contributed by atoms with van der Waals surface area (Å²) in [5.74, 6) is 0. The molecule has 0 aromatic rings. The fraction of sp³-hybridized carbons (Fsp3) is 0.923. The maximum Gasteiger partial charge on any atom is 0.0703 e. The van der Waals surface area contributed by atoms with E-state index in [-0.39, 0.29) is 5.41 Å². The predicted octanol–water partition coefficient (Wildman–Crippen LogP) is 1.71. The van der Waals surface area contributed by atoms with E-state index in [9.17, 15) is 0 Å². The number of hydrogen-bond donors (Lipinski definition) is 0. The van der Waals surface area contributed by atoms with Gasteiger partial charge in [-0.25, -0.2) is 0 Å². The van der Waals surface area contributed by atoms with Crippen LogP contribution in [0, 0.1) is 16.7 Å². The summed E-state index contributed by atoms with van der Waals surface area (Å²) in [6.45, 7) is 6.86. The zero-order chi connectivity index (χ0) is 11.6. The van der Waals surface area contributed by atoms with Crippen molar-refractivity contribution in [1.82, 2.24) is 9.80 Å². The molecule has 0 amide bonds. The number of likely N-dealkylation sites (tertiary alicyclic amines) is 1. The quantitative estimate of drug-likeness (QED) is 0.724. The first-order valence-corrected chi connectivity index (χ1v) is 6.53. The highest BCUT2D eigenvalue weighted by Crippen LogP contribution is 2.45. The van der Waals surface area contributed by atoms with Crippen molar-refractivity contribution < 1.29 is 0 Å². The summed E-state index contributed by atoms with van der Waals surface area (Å²) in [4.78, 5) is 4.95. The Morgan fingerprint density at radius 1 is 1.38 bits per heavy atom. The van der Waals surface area contributed by atoms with Gasteiger partial charge in [0.25, 0.3) is 0 Å². The summed E-state index contributed by atoms with van der Waals surface area (Å²) in [5.41, 5.74) is 0.0244. The maximum absolute atomic E-state index is 9.10. The van der Waals surface area contributed by atoms with Crippen molar-refractivity contribution >= 4 is 0 Å². The van der Waals surface area contributed by atoms with Crippen LogP contribution in [-0.2, 0) is 0 Å². The molecule has 1 heterocycles. The Kier molecular flexibility index (Phi) is 3.51. The van der Waals surface area contributed by atoms with Crippen LogP contribution in [-0.4, -0.2) is 49.1 Å². The van der Waals surface area contributed by atoms with Crippen molar-refractivity contribution in [3.63, 3.8) is 0 Å². The van der Waals surface area contributed by atoms with Crippen LogP contribution < -0.4 is 0 Å². The molecule has 0 radical (unpaired) electrons. The lowest BCUT2D eigenvalue weighted by molar-refractivity contribution is 0.122. The summed E-state index contributed by atoms with van der Waals surface area (Å²) >= 11 is 0. The van der Waals surface area contributed by atoms with Gasteiger partial charge in [0.05, 0.1) is 11.5 Å². The molecule has 0 spiro atoms. The van der Waals surface area contributed by atoms with E-state index in [1.165, 1.54) is 32.5 Å². The highest BCUT2D eigenvalue weighted by atomic mass is 15.2. The fourth-order valence-corrected chi connectivity index (χ4v) is 2.74. The zero-order valence-corrected chi connectivity index (χ0v) is 10.6. The van der Waals surface area contributed by atoms with E-state index in [0.717, 1.165) is 19.4 Å². The largest absolute Gasteiger partial charge is 0.303 e. The van der Waals surface area contributed by atoms with E-state index < -0.39 is 0 Å². The van der Waals surface area contributed by atoms with E-state index in [0.29, 0.717) is 6.04 Å². The van der Waals surface area contributed by atoms with Gasteiger partial charge < -0.3 is 9.80 Å². The smallest absolute Gasteiger partial charge is 0.0703 e. The third-order valence-corrected chi connectivity index (χ3v) is 4.27. The van der Waals surface area contributed by atoms with Crippen LogP contribution in [0.15, 0.2) is 0 Å². The zero-order valence-electron chi connectivity index (χ0n) is 10.6. The van der Waals surface area contributed by atoms with Crippen molar-refractivity contribution in [2.24, 2.45) is 5.41 Å². The van der Waals surface area contributed by atoms with Gasteiger partial charge in [0.15, 0.2) is 0 Å². The normalized spacial score (nSPS) is 25.6. The van der Waals surface area contributed by atoms with E-state index in [4.69, 9.17) is 5.26 Å². The molecule has 0 unspecified atom stereocenters. The van der Waals surface area contributed by atoms with Crippen LogP contribution in [0.1, 0.15) is 32.6 Å². The molecule has 3 nitrogen and oxygen atoms in total. The van der Waals surface area contributed by atoms with Crippen molar-refractivity contribution in [3.05, 3.63) is 0 Å². The first kappa shape index (κ1) is 11.9. The molecule has 0 N–H and O–H groups in total. The Hall–Kier alpha value is -0.590. The van der Waals surface area contributed by atoms with Gasteiger partial charge in [-0.3, -0.25) is 0 Å². The Labute approximate surface area is 99.0 Å². The van der Waals surface area contributed by atoms with Crippen LogP contribution >= 0.6 is 0 Å². The monoisotopic (exact) mass is 221 g/mol. The van der Waals surface area contributed by atoms with Crippen LogP contribution in [0.4, 0.5) is 0 Å². The van der Waals surface area contributed by atoms with Gasteiger partial charge in [-0.2, -0.15) is 5.26 Å². The van der Waals surface area contributed by atoms with Crippen molar-refractivity contribution in [2.75, 3.05) is 33.2 Å². The van der Waals surface area contributed by atoms with Crippen molar-refractivity contribution in [1.29, 1.82) is 5.26 Å². The van der Waals surface area contributed by atoms with Gasteiger partial charge in [0, 0.05) is 12.6 Å². The molecule has 0 atom stereocenters. The molecule has 0 bridgehead atoms. The third kappa shape index (κ3) is 2.56. The van der Waals surface area contributed by atoms with Gasteiger partial charge >= 0.3 is 0 Å². The average molecular weight is 221 g/mol. The van der Waals surface area contributed by atoms with Crippen LogP contribution in [0.2, 0.25) is 0 Å². The predicted molar refractivity (Wildman–Crippen MR) is 65.0 cm³/mol. The van der Waals surface area contributed by atoms with E-state index in [1.807, 2.05) is 0 Å². The molecule has 2 aliphatic rings. The molecule has 90 valence electrons. The van der Waals surface area contributed by atoms with E-state index in [1.54, 1.807) is 0 Å². The molecule has 1 aliphatic carbocycles. The Balaban J connectivity index is 1.78. The molecule has 0 aromatic heterocycles. The van der Waals surface area contributed by atoms with E-state index in [2.05, 4.69) is 29.8 Å². The molecule has 16 heavy (non-hydrogen) atoms. The third-order valence-electron chi connectivity index (χ3n) is 4.27. The lowest BCUT2D eigenvalue weighted by atomic mass is 10.0. The topological polar surface area (TPSA) is 30.3 Å². The summed E-state index contributed by atoms with van der Waals surface area (Å²) < 4.78 is 0. The van der Waals surface area contributed by atoms with Gasteiger partial charge in [-0.05, 0) is 52.4 Å². The lowest BCUT2D eigenvalue weighted by Crippen LogP contribution is -2.44. The van der Waals surface area contributed by atoms with Crippen LogP contribution in [0.3, 0.4) is 0 Å². The van der Waals surface area contributed by atoms with Gasteiger partial charge in [-0.1, -0.05) is 6.92 Å². The van der Waals surface area contributed by atoms with Crippen LogP contribution in [0.25, 0.3) is 0 Å². The molecular weight excluding hydrogens is 198 g/mol. The molecule has 1 saturated carbocycles. The number of hydrogen-bond acceptors (Lipinski definition) is 3. The minimum atomic E-state index is 0.0244. The summed E-state index contributed by atoms with van der Waals surface area (Å²) in [6.07, 6.45) is 4.76. The van der Waals surface area contributed by atoms with Crippen LogP contribution in [0.5, 0.6) is 0 Å². The second kappa shape index (κ2) is 4.73. The molecular formula is C13H23N3. The van der Waals surface area contributed by atoms with Crippen molar-refractivity contribution in [3.8, 4) is 6.07 Å². The van der Waals surface area contributed by atoms with Gasteiger partial charge in [0.1, 0.15) is 0 Å². The lowest BCUT2D eigenvalue weighted by Gasteiger charge is -2.37. The number of piperidine rings is 1. The summed E-state index contributed by atoms with van der Waals surface area (Å²) in [6, 6.07) is 3.19. The highest BCUT2D eigenvalue weighted by Gasteiger charge is 2.44. The van der Waals surface area contributed by atoms with Gasteiger partial charge in [0.2, 0.25) is 0 Å². The molecule has 3 heteroatoms. The standard InChI is InChI=1S/C13H23N3/c1-3-16-8-4-12(5-9-16)15(2)11-13(10-14)6-7-13/h12H,3-9,11H2,1-2H3. The number of rotatable bonds is 4. The first-order chi connectivity index (χ1) is 7.69. The Morgan fingerprint density at radius 3 is 2.44 bits per heavy atom. The molecule has 2 fully saturated rings. The molecule has 0 aromatic carbocycles. The number of nitriles is 1. The van der Waals surface area contributed by atoms with Gasteiger partial charge in [-0.15, -0.1) is 0 Å². The second-order valence-electron chi connectivity index (χ2n) is 5.47. The Morgan fingerprint density at radius 2 is 2.00 bits per heavy atom. The summed E-state index contributed by atoms with van der Waals surface area (Å²) in [5, 5.41) is 9.10. The fourth-order valence-electron chi connectivity index (χ4n) is 2.74.